The quantitative estimate of drug-likeness (QED) is 0.555. The fraction of sp³-hybridized carbons (Fsp3) is 0.0625. The first-order valence-electron chi connectivity index (χ1n) is 6.98. The van der Waals surface area contributed by atoms with Crippen molar-refractivity contribution in [1.82, 2.24) is 15.4 Å². The van der Waals surface area contributed by atoms with Gasteiger partial charge >= 0.3 is 6.18 Å². The Hall–Kier alpha value is -3.12. The van der Waals surface area contributed by atoms with E-state index in [1.54, 1.807) is 18.2 Å². The summed E-state index contributed by atoms with van der Waals surface area (Å²) in [5.41, 5.74) is -0.299. The smallest absolute Gasteiger partial charge is 0.416 e. The van der Waals surface area contributed by atoms with Crippen LogP contribution in [0.5, 0.6) is 0 Å². The van der Waals surface area contributed by atoms with Gasteiger partial charge in [0.05, 0.1) is 10.4 Å². The molecule has 9 heteroatoms. The van der Waals surface area contributed by atoms with E-state index in [0.29, 0.717) is 21.8 Å². The molecule has 0 fully saturated rings. The lowest BCUT2D eigenvalue weighted by Crippen LogP contribution is -2.03. The summed E-state index contributed by atoms with van der Waals surface area (Å²) < 4.78 is 44.9. The molecular weight excluding hydrogens is 353 g/mol. The van der Waals surface area contributed by atoms with Gasteiger partial charge in [0.25, 0.3) is 0 Å². The molecule has 4 rings (SSSR count). The molecule has 0 spiro atoms. The van der Waals surface area contributed by atoms with Gasteiger partial charge in [-0.1, -0.05) is 0 Å². The molecule has 3 aromatic heterocycles. The number of nitrogens with one attached hydrogen (secondary N) is 1. The van der Waals surface area contributed by atoms with Crippen LogP contribution in [0.1, 0.15) is 11.3 Å². The molecule has 5 nitrogen and oxygen atoms in total. The van der Waals surface area contributed by atoms with Crippen molar-refractivity contribution in [3.05, 3.63) is 47.7 Å². The molecule has 0 aliphatic rings. The van der Waals surface area contributed by atoms with E-state index in [1.807, 2.05) is 6.07 Å². The van der Waals surface area contributed by atoms with Crippen molar-refractivity contribution in [1.29, 1.82) is 5.26 Å². The maximum atomic E-state index is 12.8. The van der Waals surface area contributed by atoms with Crippen LogP contribution in [0.4, 0.5) is 13.2 Å². The molecule has 0 saturated heterocycles. The number of nitrogens with zero attached hydrogens (tertiary/aromatic N) is 3. The highest BCUT2D eigenvalue weighted by Gasteiger charge is 2.30. The van der Waals surface area contributed by atoms with Gasteiger partial charge in [-0.15, -0.1) is 16.4 Å². The fourth-order valence-electron chi connectivity index (χ4n) is 2.42. The SMILES string of the molecule is N#Cc1n[nH]nc1-c1ccc(-c2cc3cc(C(F)(F)F)ccc3s2)o1. The number of nitriles is 1. The van der Waals surface area contributed by atoms with E-state index in [2.05, 4.69) is 15.4 Å². The third-order valence-corrected chi connectivity index (χ3v) is 4.71. The van der Waals surface area contributed by atoms with Crippen LogP contribution in [0, 0.1) is 11.3 Å². The van der Waals surface area contributed by atoms with Gasteiger partial charge in [-0.25, -0.2) is 0 Å². The predicted octanol–water partition coefficient (Wildman–Crippen LogP) is 4.84. The standard InChI is InChI=1S/C16H7F3N4OS/c17-16(18,19)9-1-4-13-8(5-9)6-14(25-13)11-2-3-12(24-11)15-10(7-20)21-23-22-15/h1-6H,(H,21,22,23). The zero-order chi connectivity index (χ0) is 17.6. The number of fused-ring (bicyclic) bond motifs is 1. The molecule has 0 aliphatic carbocycles. The lowest BCUT2D eigenvalue weighted by atomic mass is 10.1. The molecule has 0 amide bonds. The molecule has 0 radical (unpaired) electrons. The Morgan fingerprint density at radius 2 is 1.88 bits per heavy atom. The summed E-state index contributed by atoms with van der Waals surface area (Å²) in [4.78, 5) is 0.683. The summed E-state index contributed by atoms with van der Waals surface area (Å²) >= 11 is 1.32. The molecule has 1 N–H and O–H groups in total. The van der Waals surface area contributed by atoms with Gasteiger partial charge < -0.3 is 4.42 Å². The van der Waals surface area contributed by atoms with E-state index < -0.39 is 11.7 Å². The average molecular weight is 360 g/mol. The van der Waals surface area contributed by atoms with Crippen LogP contribution in [0.25, 0.3) is 32.2 Å². The Morgan fingerprint density at radius 3 is 2.64 bits per heavy atom. The van der Waals surface area contributed by atoms with Crippen molar-refractivity contribution < 1.29 is 17.6 Å². The van der Waals surface area contributed by atoms with Gasteiger partial charge in [0.15, 0.2) is 17.1 Å². The minimum atomic E-state index is -4.38. The largest absolute Gasteiger partial charge is 0.453 e. The van der Waals surface area contributed by atoms with E-state index in [9.17, 15) is 13.2 Å². The maximum Gasteiger partial charge on any atom is 0.416 e. The zero-order valence-electron chi connectivity index (χ0n) is 12.3. The number of H-pyrrole nitrogens is 1. The lowest BCUT2D eigenvalue weighted by molar-refractivity contribution is -0.137. The first-order chi connectivity index (χ1) is 12.0. The highest BCUT2D eigenvalue weighted by Crippen LogP contribution is 2.39. The van der Waals surface area contributed by atoms with Crippen LogP contribution >= 0.6 is 11.3 Å². The van der Waals surface area contributed by atoms with Crippen LogP contribution in [0.3, 0.4) is 0 Å². The Kier molecular flexibility index (Phi) is 3.36. The van der Waals surface area contributed by atoms with Crippen molar-refractivity contribution in [2.75, 3.05) is 0 Å². The normalized spacial score (nSPS) is 11.8. The van der Waals surface area contributed by atoms with Gasteiger partial charge in [0.2, 0.25) is 0 Å². The number of halogens is 3. The molecule has 0 aliphatic heterocycles. The van der Waals surface area contributed by atoms with Crippen molar-refractivity contribution in [3.8, 4) is 28.2 Å². The molecule has 3 heterocycles. The molecule has 0 bridgehead atoms. The summed E-state index contributed by atoms with van der Waals surface area (Å²) in [6, 6.07) is 10.5. The summed E-state index contributed by atoms with van der Waals surface area (Å²) in [6.45, 7) is 0. The summed E-state index contributed by atoms with van der Waals surface area (Å²) in [6.07, 6.45) is -4.38. The van der Waals surface area contributed by atoms with Crippen molar-refractivity contribution >= 4 is 21.4 Å². The summed E-state index contributed by atoms with van der Waals surface area (Å²) in [5.74, 6) is 0.838. The number of aromatic amines is 1. The number of benzene rings is 1. The highest BCUT2D eigenvalue weighted by molar-refractivity contribution is 7.22. The number of thiophene rings is 1. The summed E-state index contributed by atoms with van der Waals surface area (Å²) in [5, 5.41) is 19.4. The minimum absolute atomic E-state index is 0.104. The summed E-state index contributed by atoms with van der Waals surface area (Å²) in [7, 11) is 0. The Morgan fingerprint density at radius 1 is 1.08 bits per heavy atom. The van der Waals surface area contributed by atoms with Gasteiger partial charge in [-0.05, 0) is 41.8 Å². The second kappa shape index (κ2) is 5.46. The molecule has 0 atom stereocenters. The van der Waals surface area contributed by atoms with Gasteiger partial charge in [-0.2, -0.15) is 28.7 Å². The fourth-order valence-corrected chi connectivity index (χ4v) is 3.42. The molecule has 124 valence electrons. The number of hydrogen-bond acceptors (Lipinski definition) is 5. The first-order valence-corrected chi connectivity index (χ1v) is 7.79. The van der Waals surface area contributed by atoms with Crippen LogP contribution < -0.4 is 0 Å². The average Bonchev–Trinajstić information content (AvgIpc) is 3.30. The Labute approximate surface area is 142 Å². The lowest BCUT2D eigenvalue weighted by Gasteiger charge is -2.05. The van der Waals surface area contributed by atoms with E-state index in [0.717, 1.165) is 16.8 Å². The third-order valence-electron chi connectivity index (χ3n) is 3.58. The Balaban J connectivity index is 1.74. The number of furan rings is 1. The van der Waals surface area contributed by atoms with Crippen LogP contribution in [0.15, 0.2) is 40.8 Å². The van der Waals surface area contributed by atoms with Crippen molar-refractivity contribution in [2.45, 2.75) is 6.18 Å². The molecule has 0 saturated carbocycles. The number of alkyl halides is 3. The topological polar surface area (TPSA) is 78.5 Å². The van der Waals surface area contributed by atoms with Gasteiger partial charge in [0, 0.05) is 4.70 Å². The molecule has 25 heavy (non-hydrogen) atoms. The third kappa shape index (κ3) is 2.66. The van der Waals surface area contributed by atoms with Gasteiger partial charge in [0.1, 0.15) is 11.8 Å². The molecular formula is C16H7F3N4OS. The van der Waals surface area contributed by atoms with E-state index in [1.165, 1.54) is 17.4 Å². The number of rotatable bonds is 2. The zero-order valence-corrected chi connectivity index (χ0v) is 13.1. The van der Waals surface area contributed by atoms with Crippen LogP contribution in [-0.4, -0.2) is 15.4 Å². The Bertz CT molecular complexity index is 1120. The monoisotopic (exact) mass is 360 g/mol. The molecule has 4 aromatic rings. The van der Waals surface area contributed by atoms with E-state index in [4.69, 9.17) is 9.68 Å². The van der Waals surface area contributed by atoms with E-state index >= 15 is 0 Å². The maximum absolute atomic E-state index is 12.8. The van der Waals surface area contributed by atoms with Crippen molar-refractivity contribution in [3.63, 3.8) is 0 Å². The second-order valence-corrected chi connectivity index (χ2v) is 6.24. The van der Waals surface area contributed by atoms with Crippen LogP contribution in [-0.2, 0) is 6.18 Å². The number of aromatic nitrogens is 3. The van der Waals surface area contributed by atoms with Gasteiger partial charge in [-0.3, -0.25) is 0 Å². The number of hydrogen-bond donors (Lipinski definition) is 1. The molecule has 1 aromatic carbocycles. The second-order valence-electron chi connectivity index (χ2n) is 5.16. The highest BCUT2D eigenvalue weighted by atomic mass is 32.1. The van der Waals surface area contributed by atoms with E-state index in [-0.39, 0.29) is 11.4 Å². The first kappa shape index (κ1) is 15.4. The molecule has 0 unspecified atom stereocenters. The van der Waals surface area contributed by atoms with Crippen molar-refractivity contribution in [2.24, 2.45) is 0 Å². The predicted molar refractivity (Wildman–Crippen MR) is 84.6 cm³/mol. The minimum Gasteiger partial charge on any atom is -0.453 e. The van der Waals surface area contributed by atoms with Crippen LogP contribution in [0.2, 0.25) is 0 Å².